The maximum atomic E-state index is 12.5. The molecule has 1 atom stereocenters. The molecule has 24 heavy (non-hydrogen) atoms. The average Bonchev–Trinajstić information content (AvgIpc) is 3.01. The van der Waals surface area contributed by atoms with Gasteiger partial charge in [0.2, 0.25) is 5.91 Å². The quantitative estimate of drug-likeness (QED) is 0.855. The molecule has 1 fully saturated rings. The minimum absolute atomic E-state index is 0.181. The molecule has 3 rings (SSSR count). The van der Waals surface area contributed by atoms with Crippen LogP contribution in [-0.2, 0) is 16.0 Å². The Balaban J connectivity index is 1.53. The molecule has 0 unspecified atom stereocenters. The Morgan fingerprint density at radius 1 is 1.25 bits per heavy atom. The van der Waals surface area contributed by atoms with Gasteiger partial charge in [0.15, 0.2) is 0 Å². The van der Waals surface area contributed by atoms with Crippen molar-refractivity contribution in [2.45, 2.75) is 38.5 Å². The van der Waals surface area contributed by atoms with E-state index >= 15 is 0 Å². The number of carbonyl (C=O) groups excluding carboxylic acids is 1. The van der Waals surface area contributed by atoms with Gasteiger partial charge in [-0.1, -0.05) is 18.2 Å². The zero-order valence-electron chi connectivity index (χ0n) is 13.8. The minimum atomic E-state index is -0.752. The molecule has 5 heteroatoms. The second-order valence-corrected chi connectivity index (χ2v) is 6.64. The Kier molecular flexibility index (Phi) is 5.18. The summed E-state index contributed by atoms with van der Waals surface area (Å²) in [7, 11) is 0. The van der Waals surface area contributed by atoms with E-state index in [2.05, 4.69) is 11.1 Å². The predicted octanol–water partition coefficient (Wildman–Crippen LogP) is 3.20. The molecule has 0 spiro atoms. The van der Waals surface area contributed by atoms with Gasteiger partial charge in [-0.05, 0) is 43.2 Å². The van der Waals surface area contributed by atoms with Crippen molar-refractivity contribution in [3.63, 3.8) is 0 Å². The van der Waals surface area contributed by atoms with Gasteiger partial charge in [0.1, 0.15) is 0 Å². The number of rotatable bonds is 6. The Hall–Kier alpha value is -2.30. The number of fused-ring (bicyclic) bond motifs is 1. The van der Waals surface area contributed by atoms with E-state index in [1.165, 1.54) is 10.9 Å². The Morgan fingerprint density at radius 2 is 2.08 bits per heavy atom. The van der Waals surface area contributed by atoms with Gasteiger partial charge < -0.3 is 15.0 Å². The SMILES string of the molecule is O=C(O)CC[C@H]1CCCN(C(=O)CCc2c[nH]c3ccccc23)C1. The predicted molar refractivity (Wildman–Crippen MR) is 92.8 cm³/mol. The number of hydrogen-bond donors (Lipinski definition) is 2. The molecule has 0 radical (unpaired) electrons. The van der Waals surface area contributed by atoms with Gasteiger partial charge in [-0.2, -0.15) is 0 Å². The van der Waals surface area contributed by atoms with Crippen molar-refractivity contribution in [1.82, 2.24) is 9.88 Å². The van der Waals surface area contributed by atoms with E-state index in [0.717, 1.165) is 31.3 Å². The third-order valence-electron chi connectivity index (χ3n) is 4.92. The largest absolute Gasteiger partial charge is 0.481 e. The molecule has 1 aliphatic heterocycles. The van der Waals surface area contributed by atoms with E-state index in [1.807, 2.05) is 29.3 Å². The van der Waals surface area contributed by atoms with Crippen LogP contribution in [0.1, 0.15) is 37.7 Å². The lowest BCUT2D eigenvalue weighted by atomic mass is 9.93. The summed E-state index contributed by atoms with van der Waals surface area (Å²) in [6.45, 7) is 1.51. The van der Waals surface area contributed by atoms with Crippen molar-refractivity contribution in [3.05, 3.63) is 36.0 Å². The topological polar surface area (TPSA) is 73.4 Å². The van der Waals surface area contributed by atoms with Crippen molar-refractivity contribution >= 4 is 22.8 Å². The van der Waals surface area contributed by atoms with E-state index in [4.69, 9.17) is 5.11 Å². The zero-order valence-corrected chi connectivity index (χ0v) is 13.8. The van der Waals surface area contributed by atoms with Crippen LogP contribution in [0, 0.1) is 5.92 Å². The van der Waals surface area contributed by atoms with E-state index in [9.17, 15) is 9.59 Å². The first-order valence-corrected chi connectivity index (χ1v) is 8.68. The molecule has 1 aromatic carbocycles. The van der Waals surface area contributed by atoms with Crippen LogP contribution in [0.4, 0.5) is 0 Å². The number of nitrogens with one attached hydrogen (secondary N) is 1. The van der Waals surface area contributed by atoms with Crippen LogP contribution in [0.5, 0.6) is 0 Å². The number of hydrogen-bond acceptors (Lipinski definition) is 2. The van der Waals surface area contributed by atoms with Gasteiger partial charge in [-0.25, -0.2) is 0 Å². The highest BCUT2D eigenvalue weighted by atomic mass is 16.4. The molecule has 1 amide bonds. The number of aliphatic carboxylic acids is 1. The average molecular weight is 328 g/mol. The highest BCUT2D eigenvalue weighted by Gasteiger charge is 2.23. The number of aromatic amines is 1. The molecule has 0 bridgehead atoms. The number of para-hydroxylation sites is 1. The van der Waals surface area contributed by atoms with Gasteiger partial charge in [-0.15, -0.1) is 0 Å². The monoisotopic (exact) mass is 328 g/mol. The van der Waals surface area contributed by atoms with Gasteiger partial charge in [-0.3, -0.25) is 9.59 Å². The third-order valence-corrected chi connectivity index (χ3v) is 4.92. The minimum Gasteiger partial charge on any atom is -0.481 e. The number of amides is 1. The van der Waals surface area contributed by atoms with Crippen LogP contribution < -0.4 is 0 Å². The van der Waals surface area contributed by atoms with E-state index in [1.54, 1.807) is 0 Å². The van der Waals surface area contributed by atoms with Crippen LogP contribution in [0.3, 0.4) is 0 Å². The number of carboxylic acid groups (broad SMARTS) is 1. The van der Waals surface area contributed by atoms with Crippen LogP contribution in [0.15, 0.2) is 30.5 Å². The molecular formula is C19H24N2O3. The maximum absolute atomic E-state index is 12.5. The highest BCUT2D eigenvalue weighted by Crippen LogP contribution is 2.23. The Labute approximate surface area is 141 Å². The van der Waals surface area contributed by atoms with E-state index in [0.29, 0.717) is 25.3 Å². The van der Waals surface area contributed by atoms with E-state index < -0.39 is 5.97 Å². The van der Waals surface area contributed by atoms with Crippen LogP contribution >= 0.6 is 0 Å². The first-order chi connectivity index (χ1) is 11.6. The van der Waals surface area contributed by atoms with Gasteiger partial charge in [0.25, 0.3) is 0 Å². The molecule has 1 aliphatic rings. The van der Waals surface area contributed by atoms with Crippen molar-refractivity contribution in [3.8, 4) is 0 Å². The fourth-order valence-electron chi connectivity index (χ4n) is 3.59. The first kappa shape index (κ1) is 16.6. The Morgan fingerprint density at radius 3 is 2.92 bits per heavy atom. The lowest BCUT2D eigenvalue weighted by molar-refractivity contribution is -0.137. The lowest BCUT2D eigenvalue weighted by Crippen LogP contribution is -2.40. The normalized spacial score (nSPS) is 18.0. The van der Waals surface area contributed by atoms with Crippen molar-refractivity contribution in [2.24, 2.45) is 5.92 Å². The fraction of sp³-hybridized carbons (Fsp3) is 0.474. The molecule has 0 saturated carbocycles. The number of H-pyrrole nitrogens is 1. The molecule has 128 valence electrons. The summed E-state index contributed by atoms with van der Waals surface area (Å²) in [6, 6.07) is 8.13. The van der Waals surface area contributed by atoms with Crippen LogP contribution in [0.25, 0.3) is 10.9 Å². The molecule has 2 heterocycles. The third kappa shape index (κ3) is 3.96. The summed E-state index contributed by atoms with van der Waals surface area (Å²) >= 11 is 0. The molecule has 2 N–H and O–H groups in total. The summed E-state index contributed by atoms with van der Waals surface area (Å²) in [4.78, 5) is 28.4. The standard InChI is InChI=1S/C19H24N2O3/c22-18(21-11-3-4-14(13-21)7-10-19(23)24)9-8-15-12-20-17-6-2-1-5-16(15)17/h1-2,5-6,12,14,20H,3-4,7-11,13H2,(H,23,24)/t14-/m1/s1. The summed E-state index contributed by atoms with van der Waals surface area (Å²) in [5.41, 5.74) is 2.28. The van der Waals surface area contributed by atoms with Crippen LogP contribution in [0.2, 0.25) is 0 Å². The number of likely N-dealkylation sites (tertiary alicyclic amines) is 1. The van der Waals surface area contributed by atoms with Gasteiger partial charge in [0.05, 0.1) is 0 Å². The van der Waals surface area contributed by atoms with Crippen molar-refractivity contribution < 1.29 is 14.7 Å². The lowest BCUT2D eigenvalue weighted by Gasteiger charge is -2.32. The smallest absolute Gasteiger partial charge is 0.303 e. The molecule has 0 aliphatic carbocycles. The summed E-state index contributed by atoms with van der Waals surface area (Å²) in [5, 5.41) is 10.00. The fourth-order valence-corrected chi connectivity index (χ4v) is 3.59. The Bertz CT molecular complexity index is 722. The van der Waals surface area contributed by atoms with Crippen molar-refractivity contribution in [1.29, 1.82) is 0 Å². The zero-order chi connectivity index (χ0) is 16.9. The number of piperidine rings is 1. The number of carbonyl (C=O) groups is 2. The number of benzene rings is 1. The molecule has 2 aromatic rings. The number of aryl methyl sites for hydroxylation is 1. The number of carboxylic acids is 1. The maximum Gasteiger partial charge on any atom is 0.303 e. The summed E-state index contributed by atoms with van der Waals surface area (Å²) in [6.07, 6.45) is 6.10. The highest BCUT2D eigenvalue weighted by molar-refractivity contribution is 5.84. The molecule has 5 nitrogen and oxygen atoms in total. The van der Waals surface area contributed by atoms with Crippen LogP contribution in [-0.4, -0.2) is 40.0 Å². The van der Waals surface area contributed by atoms with Crippen molar-refractivity contribution in [2.75, 3.05) is 13.1 Å². The summed E-state index contributed by atoms with van der Waals surface area (Å²) in [5.74, 6) is -0.245. The van der Waals surface area contributed by atoms with E-state index in [-0.39, 0.29) is 12.3 Å². The second-order valence-electron chi connectivity index (χ2n) is 6.64. The summed E-state index contributed by atoms with van der Waals surface area (Å²) < 4.78 is 0. The second kappa shape index (κ2) is 7.51. The molecule has 1 saturated heterocycles. The first-order valence-electron chi connectivity index (χ1n) is 8.68. The molecular weight excluding hydrogens is 304 g/mol. The number of aromatic nitrogens is 1. The number of nitrogens with zero attached hydrogens (tertiary/aromatic N) is 1. The van der Waals surface area contributed by atoms with Gasteiger partial charge in [0, 0.05) is 43.0 Å². The molecule has 1 aromatic heterocycles. The van der Waals surface area contributed by atoms with Gasteiger partial charge >= 0.3 is 5.97 Å².